The molecule has 0 fully saturated rings. The zero-order valence-electron chi connectivity index (χ0n) is 14.4. The fraction of sp³-hybridized carbons (Fsp3) is 0.389. The Morgan fingerprint density at radius 3 is 2.62 bits per heavy atom. The predicted octanol–water partition coefficient (Wildman–Crippen LogP) is 1.81. The highest BCUT2D eigenvalue weighted by Gasteiger charge is 2.28. The molecule has 0 radical (unpaired) electrons. The van der Waals surface area contributed by atoms with E-state index in [0.29, 0.717) is 5.69 Å². The molecule has 0 aromatic heterocycles. The third-order valence-electron chi connectivity index (χ3n) is 3.87. The van der Waals surface area contributed by atoms with E-state index in [1.54, 1.807) is 24.3 Å². The van der Waals surface area contributed by atoms with E-state index in [9.17, 15) is 18.0 Å². The van der Waals surface area contributed by atoms with Crippen molar-refractivity contribution >= 4 is 27.4 Å². The number of sulfone groups is 1. The van der Waals surface area contributed by atoms with Crippen LogP contribution >= 0.6 is 0 Å². The van der Waals surface area contributed by atoms with Gasteiger partial charge in [0.25, 0.3) is 5.91 Å². The number of hydrogen-bond donors (Lipinski definition) is 0. The van der Waals surface area contributed by atoms with Crippen molar-refractivity contribution in [2.75, 3.05) is 17.2 Å². The lowest BCUT2D eigenvalue weighted by Crippen LogP contribution is -2.40. The SMILES string of the molecule is CC(OC(=O)CC1C=CS(=O)(=O)C1)C(=O)N(CCC#N)c1ccccc1. The number of rotatable bonds is 7. The molecule has 0 N–H and O–H groups in total. The molecule has 0 spiro atoms. The van der Waals surface area contributed by atoms with E-state index in [1.807, 2.05) is 12.1 Å². The first-order chi connectivity index (χ1) is 12.3. The van der Waals surface area contributed by atoms with E-state index in [1.165, 1.54) is 17.9 Å². The van der Waals surface area contributed by atoms with Gasteiger partial charge in [0.1, 0.15) is 0 Å². The van der Waals surface area contributed by atoms with Crippen molar-refractivity contribution in [3.63, 3.8) is 0 Å². The van der Waals surface area contributed by atoms with Gasteiger partial charge in [-0.25, -0.2) is 8.42 Å². The Kier molecular flexibility index (Phi) is 6.52. The van der Waals surface area contributed by atoms with Gasteiger partial charge in [0.2, 0.25) is 0 Å². The molecule has 0 bridgehead atoms. The van der Waals surface area contributed by atoms with Gasteiger partial charge < -0.3 is 9.64 Å². The number of carbonyl (C=O) groups excluding carboxylic acids is 2. The highest BCUT2D eigenvalue weighted by molar-refractivity contribution is 7.94. The van der Waals surface area contributed by atoms with Crippen molar-refractivity contribution in [2.24, 2.45) is 5.92 Å². The molecule has 138 valence electrons. The Labute approximate surface area is 152 Å². The minimum Gasteiger partial charge on any atom is -0.453 e. The number of anilines is 1. The van der Waals surface area contributed by atoms with Crippen LogP contribution in [0.15, 0.2) is 41.8 Å². The van der Waals surface area contributed by atoms with Gasteiger partial charge in [0.15, 0.2) is 15.9 Å². The molecule has 0 saturated heterocycles. The van der Waals surface area contributed by atoms with Crippen LogP contribution in [0.2, 0.25) is 0 Å². The molecule has 2 unspecified atom stereocenters. The number of amides is 1. The number of para-hydroxylation sites is 1. The van der Waals surface area contributed by atoms with Crippen LogP contribution in [0.1, 0.15) is 19.8 Å². The summed E-state index contributed by atoms with van der Waals surface area (Å²) in [6.45, 7) is 1.65. The van der Waals surface area contributed by atoms with Crippen molar-refractivity contribution in [2.45, 2.75) is 25.9 Å². The number of carbonyl (C=O) groups is 2. The van der Waals surface area contributed by atoms with Gasteiger partial charge in [-0.2, -0.15) is 5.26 Å². The zero-order valence-corrected chi connectivity index (χ0v) is 15.2. The molecule has 26 heavy (non-hydrogen) atoms. The number of esters is 1. The van der Waals surface area contributed by atoms with E-state index < -0.39 is 33.7 Å². The average Bonchev–Trinajstić information content (AvgIpc) is 2.94. The van der Waals surface area contributed by atoms with E-state index in [-0.39, 0.29) is 25.1 Å². The maximum Gasteiger partial charge on any atom is 0.307 e. The van der Waals surface area contributed by atoms with Crippen molar-refractivity contribution in [3.05, 3.63) is 41.8 Å². The maximum absolute atomic E-state index is 12.7. The Hall–Kier alpha value is -2.66. The number of ether oxygens (including phenoxy) is 1. The van der Waals surface area contributed by atoms with Crippen molar-refractivity contribution < 1.29 is 22.7 Å². The lowest BCUT2D eigenvalue weighted by Gasteiger charge is -2.25. The summed E-state index contributed by atoms with van der Waals surface area (Å²) in [5.74, 6) is -1.62. The molecule has 1 aromatic carbocycles. The van der Waals surface area contributed by atoms with Crippen LogP contribution < -0.4 is 4.90 Å². The lowest BCUT2D eigenvalue weighted by atomic mass is 10.1. The second-order valence-electron chi connectivity index (χ2n) is 5.99. The minimum absolute atomic E-state index is 0.100. The van der Waals surface area contributed by atoms with E-state index in [2.05, 4.69) is 0 Å². The standard InChI is InChI=1S/C18H20N2O5S/c1-14(25-17(21)12-15-8-11-26(23,24)13-15)18(22)20(10-5-9-19)16-6-3-2-4-7-16/h2-4,6-8,11,14-15H,5,10,12-13H2,1H3. The largest absolute Gasteiger partial charge is 0.453 e. The van der Waals surface area contributed by atoms with Gasteiger partial charge in [0, 0.05) is 23.6 Å². The predicted molar refractivity (Wildman–Crippen MR) is 95.6 cm³/mol. The minimum atomic E-state index is -3.24. The first kappa shape index (κ1) is 19.7. The summed E-state index contributed by atoms with van der Waals surface area (Å²) in [5, 5.41) is 9.90. The van der Waals surface area contributed by atoms with Gasteiger partial charge in [-0.3, -0.25) is 9.59 Å². The van der Waals surface area contributed by atoms with Crippen LogP contribution in [-0.2, 0) is 24.2 Å². The zero-order chi connectivity index (χ0) is 19.2. The summed E-state index contributed by atoms with van der Waals surface area (Å²) in [6, 6.07) is 10.8. The molecule has 2 atom stereocenters. The van der Waals surface area contributed by atoms with Crippen LogP contribution in [0.3, 0.4) is 0 Å². The summed E-state index contributed by atoms with van der Waals surface area (Å²) in [5.41, 5.74) is 0.612. The molecule has 1 aliphatic rings. The Balaban J connectivity index is 1.98. The van der Waals surface area contributed by atoms with Crippen LogP contribution in [-0.4, -0.2) is 38.7 Å². The van der Waals surface area contributed by atoms with Crippen LogP contribution in [0, 0.1) is 17.2 Å². The number of hydrogen-bond acceptors (Lipinski definition) is 6. The molecular formula is C18H20N2O5S. The average molecular weight is 376 g/mol. The van der Waals surface area contributed by atoms with Crippen LogP contribution in [0.25, 0.3) is 0 Å². The molecular weight excluding hydrogens is 356 g/mol. The van der Waals surface area contributed by atoms with Crippen molar-refractivity contribution in [3.8, 4) is 6.07 Å². The van der Waals surface area contributed by atoms with Crippen molar-refractivity contribution in [1.82, 2.24) is 0 Å². The lowest BCUT2D eigenvalue weighted by molar-refractivity contribution is -0.154. The Morgan fingerprint density at radius 1 is 1.35 bits per heavy atom. The molecule has 1 aliphatic heterocycles. The smallest absolute Gasteiger partial charge is 0.307 e. The molecule has 1 aromatic rings. The highest BCUT2D eigenvalue weighted by Crippen LogP contribution is 2.20. The molecule has 8 heteroatoms. The number of nitriles is 1. The van der Waals surface area contributed by atoms with Crippen LogP contribution in [0.4, 0.5) is 5.69 Å². The monoisotopic (exact) mass is 376 g/mol. The summed E-state index contributed by atoms with van der Waals surface area (Å²) in [4.78, 5) is 26.1. The molecule has 0 aliphatic carbocycles. The summed E-state index contributed by atoms with van der Waals surface area (Å²) in [7, 11) is -3.24. The normalized spacial score (nSPS) is 18.7. The molecule has 7 nitrogen and oxygen atoms in total. The Bertz CT molecular complexity index is 827. The van der Waals surface area contributed by atoms with Gasteiger partial charge in [-0.1, -0.05) is 24.3 Å². The third kappa shape index (κ3) is 5.43. The topological polar surface area (TPSA) is 105 Å². The molecule has 2 rings (SSSR count). The van der Waals surface area contributed by atoms with Crippen molar-refractivity contribution in [1.29, 1.82) is 5.26 Å². The second-order valence-corrected chi connectivity index (χ2v) is 7.92. The summed E-state index contributed by atoms with van der Waals surface area (Å²) in [6.07, 6.45) is 0.471. The van der Waals surface area contributed by atoms with Gasteiger partial charge >= 0.3 is 5.97 Å². The van der Waals surface area contributed by atoms with Crippen LogP contribution in [0.5, 0.6) is 0 Å². The summed E-state index contributed by atoms with van der Waals surface area (Å²) >= 11 is 0. The quantitative estimate of drug-likeness (QED) is 0.672. The third-order valence-corrected chi connectivity index (χ3v) is 5.33. The van der Waals surface area contributed by atoms with Gasteiger partial charge in [0.05, 0.1) is 24.7 Å². The van der Waals surface area contributed by atoms with E-state index in [4.69, 9.17) is 10.00 Å². The van der Waals surface area contributed by atoms with E-state index in [0.717, 1.165) is 5.41 Å². The number of allylic oxidation sites excluding steroid dienone is 1. The summed E-state index contributed by atoms with van der Waals surface area (Å²) < 4.78 is 27.9. The van der Waals surface area contributed by atoms with Gasteiger partial charge in [-0.15, -0.1) is 0 Å². The first-order valence-corrected chi connectivity index (χ1v) is 9.88. The van der Waals surface area contributed by atoms with E-state index >= 15 is 0 Å². The first-order valence-electron chi connectivity index (χ1n) is 8.16. The second kappa shape index (κ2) is 8.63. The number of benzene rings is 1. The maximum atomic E-state index is 12.7. The molecule has 1 amide bonds. The highest BCUT2D eigenvalue weighted by atomic mass is 32.2. The molecule has 0 saturated carbocycles. The fourth-order valence-corrected chi connectivity index (χ4v) is 4.03. The number of nitrogens with zero attached hydrogens (tertiary/aromatic N) is 2. The Morgan fingerprint density at radius 2 is 2.04 bits per heavy atom. The fourth-order valence-electron chi connectivity index (χ4n) is 2.63. The van der Waals surface area contributed by atoms with Gasteiger partial charge in [-0.05, 0) is 19.1 Å². The molecule has 1 heterocycles.